The molecule has 0 radical (unpaired) electrons. The molecule has 8 aliphatic rings. The van der Waals surface area contributed by atoms with Gasteiger partial charge in [-0.05, 0) is 165 Å². The largest absolute Gasteiger partial charge is 0.389 e. The van der Waals surface area contributed by atoms with Gasteiger partial charge < -0.3 is 5.11 Å². The molecular weight excluding hydrogens is 540 g/mol. The maximum absolute atomic E-state index is 14.3. The van der Waals surface area contributed by atoms with Gasteiger partial charge in [0.1, 0.15) is 0 Å². The second-order valence-corrected chi connectivity index (χ2v) is 18.6. The predicted molar refractivity (Wildman–Crippen MR) is 176 cm³/mol. The summed E-state index contributed by atoms with van der Waals surface area (Å²) in [6, 6.07) is 0. The number of hydrogen-bond acceptors (Lipinski definition) is 3. The molecule has 0 aliphatic heterocycles. The number of allylic oxidation sites excluding steroid dienone is 3. The average molecular weight is 601 g/mol. The lowest BCUT2D eigenvalue weighted by Gasteiger charge is -2.62. The van der Waals surface area contributed by atoms with Crippen LogP contribution in [0.1, 0.15) is 150 Å². The van der Waals surface area contributed by atoms with Gasteiger partial charge in [-0.3, -0.25) is 9.59 Å². The van der Waals surface area contributed by atoms with Gasteiger partial charge in [-0.1, -0.05) is 53.0 Å². The molecule has 12 atom stereocenters. The molecule has 6 saturated carbocycles. The number of carbonyl (C=O) groups excluding carboxylic acids is 2. The predicted octanol–water partition coefficient (Wildman–Crippen LogP) is 9.57. The Balaban J connectivity index is 1.19. The zero-order valence-electron chi connectivity index (χ0n) is 28.6. The number of aliphatic hydroxyl groups is 1. The first-order chi connectivity index (χ1) is 20.9. The smallest absolute Gasteiger partial charge is 0.163 e. The van der Waals surface area contributed by atoms with Crippen molar-refractivity contribution in [1.29, 1.82) is 0 Å². The van der Waals surface area contributed by atoms with Crippen LogP contribution < -0.4 is 0 Å². The summed E-state index contributed by atoms with van der Waals surface area (Å²) in [5, 5.41) is 11.9. The van der Waals surface area contributed by atoms with Gasteiger partial charge >= 0.3 is 0 Å². The number of Topliss-reactive ketones (excluding diaryl/α,β-unsaturated/α-hetero) is 1. The Labute approximate surface area is 267 Å². The lowest BCUT2D eigenvalue weighted by Crippen LogP contribution is -2.56. The van der Waals surface area contributed by atoms with Crippen molar-refractivity contribution >= 4 is 11.6 Å². The van der Waals surface area contributed by atoms with Crippen LogP contribution in [-0.4, -0.2) is 22.3 Å². The monoisotopic (exact) mass is 600 g/mol. The molecule has 3 nitrogen and oxygen atoms in total. The second kappa shape index (κ2) is 9.90. The van der Waals surface area contributed by atoms with Crippen molar-refractivity contribution in [3.63, 3.8) is 0 Å². The SMILES string of the molecule is CCC[C@]1(O)CC[C@H]2[C@@H]3CCC4=C(C5=CC(=O)CC6CC[C@@H]7[C@@H](CC[C@]8(C)CCC[C@@H]78)[C@@]56C)C(=O)CC[C@]4(C)[C@H]3CC[C@@]21C. The van der Waals surface area contributed by atoms with Crippen molar-refractivity contribution in [1.82, 2.24) is 0 Å². The highest BCUT2D eigenvalue weighted by molar-refractivity contribution is 6.05. The van der Waals surface area contributed by atoms with E-state index >= 15 is 0 Å². The Morgan fingerprint density at radius 1 is 0.773 bits per heavy atom. The molecule has 1 unspecified atom stereocenters. The molecule has 0 spiro atoms. The Morgan fingerprint density at radius 2 is 1.52 bits per heavy atom. The number of fused-ring (bicyclic) bond motifs is 10. The topological polar surface area (TPSA) is 54.4 Å². The number of rotatable bonds is 3. The van der Waals surface area contributed by atoms with Crippen molar-refractivity contribution in [3.8, 4) is 0 Å². The van der Waals surface area contributed by atoms with E-state index in [-0.39, 0.29) is 22.0 Å². The molecule has 6 fully saturated rings. The first-order valence-corrected chi connectivity index (χ1v) is 19.1. The third-order valence-electron chi connectivity index (χ3n) is 17.4. The second-order valence-electron chi connectivity index (χ2n) is 18.6. The zero-order valence-corrected chi connectivity index (χ0v) is 28.6. The van der Waals surface area contributed by atoms with Gasteiger partial charge in [-0.15, -0.1) is 0 Å². The van der Waals surface area contributed by atoms with Crippen LogP contribution in [-0.2, 0) is 9.59 Å². The quantitative estimate of drug-likeness (QED) is 0.351. The highest BCUT2D eigenvalue weighted by Gasteiger charge is 2.65. The Morgan fingerprint density at radius 3 is 2.32 bits per heavy atom. The van der Waals surface area contributed by atoms with Crippen LogP contribution in [0.3, 0.4) is 0 Å². The standard InChI is InChI=1S/C41H60O3/c1-6-17-41(44)22-15-31-28-11-12-33-36(35(43)16-20-38(33,3)30(28)14-21-39(31,41)4)34-24-26(42)23-25-9-10-27-29-8-7-18-37(29,2)19-13-32(27)40(25,34)5/h24-25,27-32,44H,6-23H2,1-5H3/t25?,27-,28+,29-,30-,31-,32+,37-,38+,39-,40-,41-/m0/s1. The molecular formula is C41H60O3. The van der Waals surface area contributed by atoms with Crippen LogP contribution in [0.15, 0.2) is 22.8 Å². The van der Waals surface area contributed by atoms with Gasteiger partial charge in [0.2, 0.25) is 0 Å². The highest BCUT2D eigenvalue weighted by Crippen LogP contribution is 2.71. The fourth-order valence-corrected chi connectivity index (χ4v) is 15.1. The van der Waals surface area contributed by atoms with Crippen LogP contribution in [0, 0.1) is 63.1 Å². The first-order valence-electron chi connectivity index (χ1n) is 19.1. The summed E-state index contributed by atoms with van der Waals surface area (Å²) in [5.41, 5.74) is 3.73. The molecule has 0 amide bonds. The van der Waals surface area contributed by atoms with E-state index < -0.39 is 5.60 Å². The Bertz CT molecular complexity index is 1320. The molecule has 242 valence electrons. The molecule has 8 aliphatic carbocycles. The third kappa shape index (κ3) is 3.77. The first kappa shape index (κ1) is 30.1. The van der Waals surface area contributed by atoms with Crippen LogP contribution in [0.4, 0.5) is 0 Å². The molecule has 0 bridgehead atoms. The van der Waals surface area contributed by atoms with Crippen molar-refractivity contribution in [2.75, 3.05) is 0 Å². The highest BCUT2D eigenvalue weighted by atomic mass is 16.3. The summed E-state index contributed by atoms with van der Waals surface area (Å²) in [5.74, 6) is 5.02. The van der Waals surface area contributed by atoms with Gasteiger partial charge in [0.25, 0.3) is 0 Å². The van der Waals surface area contributed by atoms with E-state index in [0.29, 0.717) is 53.6 Å². The molecule has 0 aromatic rings. The Hall–Kier alpha value is -1.22. The number of hydrogen-bond donors (Lipinski definition) is 1. The van der Waals surface area contributed by atoms with E-state index in [1.165, 1.54) is 56.1 Å². The van der Waals surface area contributed by atoms with Gasteiger partial charge in [-0.2, -0.15) is 0 Å². The molecule has 8 rings (SSSR count). The van der Waals surface area contributed by atoms with Crippen LogP contribution in [0.25, 0.3) is 0 Å². The summed E-state index contributed by atoms with van der Waals surface area (Å²) < 4.78 is 0. The maximum Gasteiger partial charge on any atom is 0.163 e. The lowest BCUT2D eigenvalue weighted by atomic mass is 9.42. The summed E-state index contributed by atoms with van der Waals surface area (Å²) in [6.07, 6.45) is 22.1. The summed E-state index contributed by atoms with van der Waals surface area (Å²) in [6.45, 7) is 12.3. The fourth-order valence-electron chi connectivity index (χ4n) is 15.1. The average Bonchev–Trinajstić information content (AvgIpc) is 3.50. The van der Waals surface area contributed by atoms with E-state index in [1.54, 1.807) is 0 Å². The van der Waals surface area contributed by atoms with Crippen LogP contribution in [0.5, 0.6) is 0 Å². The van der Waals surface area contributed by atoms with E-state index in [4.69, 9.17) is 0 Å². The van der Waals surface area contributed by atoms with Crippen LogP contribution in [0.2, 0.25) is 0 Å². The summed E-state index contributed by atoms with van der Waals surface area (Å²) in [7, 11) is 0. The van der Waals surface area contributed by atoms with Gasteiger partial charge in [0.05, 0.1) is 5.60 Å². The molecule has 0 heterocycles. The zero-order chi connectivity index (χ0) is 30.9. The third-order valence-corrected chi connectivity index (χ3v) is 17.4. The normalized spacial score (nSPS) is 53.2. The molecule has 44 heavy (non-hydrogen) atoms. The minimum absolute atomic E-state index is 0.0287. The Kier molecular flexibility index (Phi) is 6.78. The van der Waals surface area contributed by atoms with E-state index in [2.05, 4.69) is 34.6 Å². The van der Waals surface area contributed by atoms with Crippen molar-refractivity contribution in [3.05, 3.63) is 22.8 Å². The minimum atomic E-state index is -0.508. The molecule has 3 heteroatoms. The van der Waals surface area contributed by atoms with Crippen LogP contribution >= 0.6 is 0 Å². The molecule has 0 aromatic carbocycles. The molecule has 1 N–H and O–H groups in total. The number of carbonyl (C=O) groups is 2. The summed E-state index contributed by atoms with van der Waals surface area (Å²) in [4.78, 5) is 27.8. The van der Waals surface area contributed by atoms with E-state index in [0.717, 1.165) is 75.2 Å². The van der Waals surface area contributed by atoms with Gasteiger partial charge in [0.15, 0.2) is 11.6 Å². The van der Waals surface area contributed by atoms with Crippen molar-refractivity contribution < 1.29 is 14.7 Å². The molecule has 0 saturated heterocycles. The maximum atomic E-state index is 14.3. The van der Waals surface area contributed by atoms with E-state index in [1.807, 2.05) is 6.08 Å². The summed E-state index contributed by atoms with van der Waals surface area (Å²) >= 11 is 0. The van der Waals surface area contributed by atoms with Gasteiger partial charge in [-0.25, -0.2) is 0 Å². The van der Waals surface area contributed by atoms with E-state index in [9.17, 15) is 14.7 Å². The lowest BCUT2D eigenvalue weighted by molar-refractivity contribution is -0.133. The van der Waals surface area contributed by atoms with Crippen molar-refractivity contribution in [2.24, 2.45) is 63.1 Å². The minimum Gasteiger partial charge on any atom is -0.389 e. The molecule has 0 aromatic heterocycles. The van der Waals surface area contributed by atoms with Crippen molar-refractivity contribution in [2.45, 2.75) is 156 Å². The fraction of sp³-hybridized carbons (Fsp3) is 0.854. The van der Waals surface area contributed by atoms with Gasteiger partial charge in [0, 0.05) is 18.4 Å². The number of ketones is 2.